The van der Waals surface area contributed by atoms with Gasteiger partial charge in [-0.15, -0.1) is 0 Å². The van der Waals surface area contributed by atoms with Crippen LogP contribution in [0.4, 0.5) is 0 Å². The molecule has 0 amide bonds. The highest BCUT2D eigenvalue weighted by Crippen LogP contribution is 2.40. The summed E-state index contributed by atoms with van der Waals surface area (Å²) in [5.74, 6) is -0.782. The molecule has 1 aromatic rings. The Kier molecular flexibility index (Phi) is 2.86. The zero-order chi connectivity index (χ0) is 12.6. The molecule has 92 valence electrons. The first-order valence-corrected chi connectivity index (χ1v) is 7.04. The van der Waals surface area contributed by atoms with E-state index in [4.69, 9.17) is 5.11 Å². The van der Waals surface area contributed by atoms with E-state index in [0.29, 0.717) is 11.3 Å². The normalized spacial score (nSPS) is 15.8. The lowest BCUT2D eigenvalue weighted by atomic mass is 10.1. The second-order valence-electron chi connectivity index (χ2n) is 4.18. The minimum absolute atomic E-state index is 0.171. The molecule has 0 bridgehead atoms. The first-order valence-electron chi connectivity index (χ1n) is 5.15. The van der Waals surface area contributed by atoms with E-state index in [1.165, 1.54) is 6.20 Å². The van der Waals surface area contributed by atoms with Gasteiger partial charge in [0.1, 0.15) is 0 Å². The Morgan fingerprint density at radius 2 is 2.18 bits per heavy atom. The molecule has 0 aromatic carbocycles. The number of hydrogen-bond acceptors (Lipinski definition) is 5. The Hall–Kier alpha value is -1.50. The first-order chi connectivity index (χ1) is 7.88. The van der Waals surface area contributed by atoms with Crippen LogP contribution in [0.2, 0.25) is 0 Å². The summed E-state index contributed by atoms with van der Waals surface area (Å²) in [4.78, 5) is 18.4. The standard InChI is InChI=1S/C10H12N2O4S/c1-17(15,16)10-11-5-7(4-8(13)14)9(12-10)6-2-3-6/h5-6H,2-4H2,1H3,(H,13,14). The monoisotopic (exact) mass is 256 g/mol. The van der Waals surface area contributed by atoms with Crippen molar-refractivity contribution in [2.75, 3.05) is 6.26 Å². The van der Waals surface area contributed by atoms with E-state index in [-0.39, 0.29) is 17.5 Å². The molecule has 7 heteroatoms. The van der Waals surface area contributed by atoms with Crippen molar-refractivity contribution in [3.63, 3.8) is 0 Å². The molecule has 0 saturated heterocycles. The van der Waals surface area contributed by atoms with Gasteiger partial charge in [0, 0.05) is 23.9 Å². The van der Waals surface area contributed by atoms with Gasteiger partial charge < -0.3 is 5.11 Å². The number of carboxylic acids is 1. The van der Waals surface area contributed by atoms with Crippen molar-refractivity contribution < 1.29 is 18.3 Å². The fourth-order valence-electron chi connectivity index (χ4n) is 1.59. The van der Waals surface area contributed by atoms with Gasteiger partial charge in [0.15, 0.2) is 0 Å². The van der Waals surface area contributed by atoms with Crippen LogP contribution in [0, 0.1) is 0 Å². The minimum atomic E-state index is -3.45. The molecule has 1 aliphatic rings. The Bertz CT molecular complexity index is 564. The molecule has 1 aliphatic carbocycles. The van der Waals surface area contributed by atoms with Crippen LogP contribution in [0.1, 0.15) is 30.0 Å². The van der Waals surface area contributed by atoms with Gasteiger partial charge in [-0.3, -0.25) is 4.79 Å². The molecular weight excluding hydrogens is 244 g/mol. The van der Waals surface area contributed by atoms with Crippen molar-refractivity contribution in [3.8, 4) is 0 Å². The number of rotatable bonds is 4. The topological polar surface area (TPSA) is 97.2 Å². The highest BCUT2D eigenvalue weighted by atomic mass is 32.2. The number of aromatic nitrogens is 2. The van der Waals surface area contributed by atoms with Crippen LogP contribution >= 0.6 is 0 Å². The molecule has 0 atom stereocenters. The lowest BCUT2D eigenvalue weighted by molar-refractivity contribution is -0.136. The molecule has 1 heterocycles. The number of hydrogen-bond donors (Lipinski definition) is 1. The van der Waals surface area contributed by atoms with E-state index in [2.05, 4.69) is 9.97 Å². The lowest BCUT2D eigenvalue weighted by Gasteiger charge is -2.06. The maximum absolute atomic E-state index is 11.3. The van der Waals surface area contributed by atoms with E-state index < -0.39 is 15.8 Å². The van der Waals surface area contributed by atoms with Crippen molar-refractivity contribution in [3.05, 3.63) is 17.5 Å². The summed E-state index contributed by atoms with van der Waals surface area (Å²) in [5, 5.41) is 8.52. The van der Waals surface area contributed by atoms with Crippen LogP contribution in [-0.2, 0) is 21.1 Å². The number of sulfone groups is 1. The van der Waals surface area contributed by atoms with Crippen molar-refractivity contribution in [2.24, 2.45) is 0 Å². The second-order valence-corrected chi connectivity index (χ2v) is 6.09. The Morgan fingerprint density at radius 3 is 2.65 bits per heavy atom. The van der Waals surface area contributed by atoms with Gasteiger partial charge in [-0.2, -0.15) is 0 Å². The predicted molar refractivity (Wildman–Crippen MR) is 58.5 cm³/mol. The molecule has 17 heavy (non-hydrogen) atoms. The van der Waals surface area contributed by atoms with E-state index in [1.807, 2.05) is 0 Å². The van der Waals surface area contributed by atoms with E-state index in [0.717, 1.165) is 19.1 Å². The van der Waals surface area contributed by atoms with E-state index in [9.17, 15) is 13.2 Å². The SMILES string of the molecule is CS(=O)(=O)c1ncc(CC(=O)O)c(C2CC2)n1. The summed E-state index contributed by atoms with van der Waals surface area (Å²) in [6.07, 6.45) is 4.02. The average molecular weight is 256 g/mol. The van der Waals surface area contributed by atoms with Crippen molar-refractivity contribution >= 4 is 15.8 Å². The van der Waals surface area contributed by atoms with Crippen molar-refractivity contribution in [1.82, 2.24) is 9.97 Å². The zero-order valence-electron chi connectivity index (χ0n) is 9.25. The zero-order valence-corrected chi connectivity index (χ0v) is 10.1. The fraction of sp³-hybridized carbons (Fsp3) is 0.500. The Balaban J connectivity index is 2.45. The van der Waals surface area contributed by atoms with Crippen LogP contribution < -0.4 is 0 Å². The molecule has 0 radical (unpaired) electrons. The number of nitrogens with zero attached hydrogens (tertiary/aromatic N) is 2. The predicted octanol–water partition coefficient (Wildman–Crippen LogP) is 0.385. The van der Waals surface area contributed by atoms with Crippen LogP contribution in [-0.4, -0.2) is 35.7 Å². The summed E-state index contributed by atoms with van der Waals surface area (Å²) in [5.41, 5.74) is 1.08. The third kappa shape index (κ3) is 2.79. The van der Waals surface area contributed by atoms with E-state index >= 15 is 0 Å². The third-order valence-corrected chi connectivity index (χ3v) is 3.37. The van der Waals surface area contributed by atoms with Crippen LogP contribution in [0.5, 0.6) is 0 Å². The third-order valence-electron chi connectivity index (χ3n) is 2.51. The summed E-state index contributed by atoms with van der Waals surface area (Å²) in [6, 6.07) is 0. The quantitative estimate of drug-likeness (QED) is 0.782. The molecule has 1 fully saturated rings. The molecule has 2 rings (SSSR count). The maximum Gasteiger partial charge on any atom is 0.307 e. The van der Waals surface area contributed by atoms with Gasteiger partial charge in [-0.05, 0) is 12.8 Å². The minimum Gasteiger partial charge on any atom is -0.481 e. The van der Waals surface area contributed by atoms with Gasteiger partial charge in [-0.1, -0.05) is 0 Å². The molecule has 0 aliphatic heterocycles. The van der Waals surface area contributed by atoms with Gasteiger partial charge in [0.25, 0.3) is 0 Å². The molecule has 0 unspecified atom stereocenters. The Labute approximate surface area is 98.6 Å². The summed E-state index contributed by atoms with van der Waals surface area (Å²) in [7, 11) is -3.45. The molecular formula is C10H12N2O4S. The summed E-state index contributed by atoms with van der Waals surface area (Å²) in [6.45, 7) is 0. The number of aliphatic carboxylic acids is 1. The second kappa shape index (κ2) is 4.06. The van der Waals surface area contributed by atoms with Crippen molar-refractivity contribution in [1.29, 1.82) is 0 Å². The van der Waals surface area contributed by atoms with Crippen molar-refractivity contribution in [2.45, 2.75) is 30.3 Å². The van der Waals surface area contributed by atoms with Crippen LogP contribution in [0.15, 0.2) is 11.4 Å². The summed E-state index contributed by atoms with van der Waals surface area (Å²) >= 11 is 0. The Morgan fingerprint density at radius 1 is 1.53 bits per heavy atom. The number of carbonyl (C=O) groups is 1. The maximum atomic E-state index is 11.3. The number of carboxylic acid groups (broad SMARTS) is 1. The van der Waals surface area contributed by atoms with Crippen LogP contribution in [0.3, 0.4) is 0 Å². The van der Waals surface area contributed by atoms with Gasteiger partial charge in [0.2, 0.25) is 15.0 Å². The highest BCUT2D eigenvalue weighted by Gasteiger charge is 2.29. The molecule has 0 spiro atoms. The first kappa shape index (κ1) is 12.0. The van der Waals surface area contributed by atoms with Gasteiger partial charge in [0.05, 0.1) is 12.1 Å². The van der Waals surface area contributed by atoms with E-state index in [1.54, 1.807) is 0 Å². The smallest absolute Gasteiger partial charge is 0.307 e. The highest BCUT2D eigenvalue weighted by molar-refractivity contribution is 7.90. The average Bonchev–Trinajstić information content (AvgIpc) is 2.99. The lowest BCUT2D eigenvalue weighted by Crippen LogP contribution is -2.11. The largest absolute Gasteiger partial charge is 0.481 e. The van der Waals surface area contributed by atoms with Crippen LogP contribution in [0.25, 0.3) is 0 Å². The molecule has 1 saturated carbocycles. The molecule has 1 N–H and O–H groups in total. The molecule has 6 nitrogen and oxygen atoms in total. The van der Waals surface area contributed by atoms with Gasteiger partial charge >= 0.3 is 5.97 Å². The summed E-state index contributed by atoms with van der Waals surface area (Å²) < 4.78 is 22.6. The molecule has 1 aromatic heterocycles. The van der Waals surface area contributed by atoms with Gasteiger partial charge in [-0.25, -0.2) is 18.4 Å². The fourth-order valence-corrected chi connectivity index (χ4v) is 2.10.